The summed E-state index contributed by atoms with van der Waals surface area (Å²) in [5.74, 6) is 0.204. The van der Waals surface area contributed by atoms with E-state index in [1.54, 1.807) is 13.0 Å². The minimum Gasteiger partial charge on any atom is -0.494 e. The Morgan fingerprint density at radius 1 is 1.57 bits per heavy atom. The number of ether oxygens (including phenoxy) is 1. The average molecular weight is 293 g/mol. The molecule has 1 fully saturated rings. The zero-order valence-electron chi connectivity index (χ0n) is 12.1. The van der Waals surface area contributed by atoms with Gasteiger partial charge in [0.15, 0.2) is 0 Å². The van der Waals surface area contributed by atoms with Crippen LogP contribution in [0.15, 0.2) is 18.2 Å². The Balaban J connectivity index is 2.22. The van der Waals surface area contributed by atoms with Gasteiger partial charge < -0.3 is 15.4 Å². The molecule has 0 bridgehead atoms. The van der Waals surface area contributed by atoms with Gasteiger partial charge in [-0.05, 0) is 38.9 Å². The molecule has 0 radical (unpaired) electrons. The largest absolute Gasteiger partial charge is 0.494 e. The number of hydrogen-bond donors (Lipinski definition) is 2. The van der Waals surface area contributed by atoms with Crippen LogP contribution >= 0.6 is 0 Å². The number of hydrogen-bond acceptors (Lipinski definition) is 5. The van der Waals surface area contributed by atoms with E-state index in [9.17, 15) is 14.9 Å². The second-order valence-electron chi connectivity index (χ2n) is 5.31. The minimum absolute atomic E-state index is 0.163. The fourth-order valence-electron chi connectivity index (χ4n) is 2.31. The number of anilines is 1. The topological polar surface area (TPSA) is 93.5 Å². The Bertz CT molecular complexity index is 553. The number of carbonyl (C=O) groups excluding carboxylic acids is 1. The van der Waals surface area contributed by atoms with E-state index in [1.807, 2.05) is 6.92 Å². The Morgan fingerprint density at radius 2 is 2.33 bits per heavy atom. The van der Waals surface area contributed by atoms with E-state index in [4.69, 9.17) is 4.74 Å². The van der Waals surface area contributed by atoms with Crippen LogP contribution in [0.4, 0.5) is 11.4 Å². The van der Waals surface area contributed by atoms with E-state index in [0.29, 0.717) is 25.3 Å². The van der Waals surface area contributed by atoms with E-state index < -0.39 is 10.3 Å². The first-order chi connectivity index (χ1) is 9.96. The van der Waals surface area contributed by atoms with Crippen LogP contribution in [0.25, 0.3) is 0 Å². The molecule has 0 aliphatic carbocycles. The van der Waals surface area contributed by atoms with Crippen LogP contribution < -0.4 is 15.4 Å². The van der Waals surface area contributed by atoms with Crippen LogP contribution in [0.5, 0.6) is 5.75 Å². The SMILES string of the molecule is CCOc1ccc(NC(=O)C2(C)CCNC2)c([N+](=O)[O-])c1. The third-order valence-corrected chi connectivity index (χ3v) is 3.64. The normalized spacial score (nSPS) is 21.0. The summed E-state index contributed by atoms with van der Waals surface area (Å²) in [5.41, 5.74) is -0.502. The maximum Gasteiger partial charge on any atom is 0.296 e. The molecular formula is C14H19N3O4. The molecule has 0 spiro atoms. The lowest BCUT2D eigenvalue weighted by Gasteiger charge is -2.21. The van der Waals surface area contributed by atoms with E-state index in [2.05, 4.69) is 10.6 Å². The summed E-state index contributed by atoms with van der Waals surface area (Å²) in [6, 6.07) is 4.45. The van der Waals surface area contributed by atoms with Crippen molar-refractivity contribution in [3.05, 3.63) is 28.3 Å². The molecule has 0 aromatic heterocycles. The maximum atomic E-state index is 12.3. The molecule has 1 aromatic rings. The van der Waals surface area contributed by atoms with Gasteiger partial charge in [-0.25, -0.2) is 0 Å². The predicted molar refractivity (Wildman–Crippen MR) is 78.5 cm³/mol. The zero-order chi connectivity index (χ0) is 15.5. The highest BCUT2D eigenvalue weighted by molar-refractivity contribution is 5.97. The number of nitro benzene ring substituents is 1. The van der Waals surface area contributed by atoms with Gasteiger partial charge in [-0.1, -0.05) is 0 Å². The summed E-state index contributed by atoms with van der Waals surface area (Å²) in [4.78, 5) is 22.9. The molecule has 1 unspecified atom stereocenters. The van der Waals surface area contributed by atoms with Gasteiger partial charge in [0.2, 0.25) is 5.91 Å². The second kappa shape index (κ2) is 6.09. The zero-order valence-corrected chi connectivity index (χ0v) is 12.1. The fraction of sp³-hybridized carbons (Fsp3) is 0.500. The van der Waals surface area contributed by atoms with Crippen LogP contribution in [-0.2, 0) is 4.79 Å². The molecule has 0 saturated carbocycles. The maximum absolute atomic E-state index is 12.3. The van der Waals surface area contributed by atoms with Gasteiger partial charge >= 0.3 is 0 Å². The molecule has 1 aliphatic heterocycles. The lowest BCUT2D eigenvalue weighted by atomic mass is 9.88. The molecule has 2 N–H and O–H groups in total. The van der Waals surface area contributed by atoms with Crippen molar-refractivity contribution < 1.29 is 14.5 Å². The quantitative estimate of drug-likeness (QED) is 0.639. The Hall–Kier alpha value is -2.15. The van der Waals surface area contributed by atoms with Crippen molar-refractivity contribution in [1.82, 2.24) is 5.32 Å². The summed E-state index contributed by atoms with van der Waals surface area (Å²) >= 11 is 0. The highest BCUT2D eigenvalue weighted by atomic mass is 16.6. The third kappa shape index (κ3) is 3.30. The first-order valence-electron chi connectivity index (χ1n) is 6.90. The van der Waals surface area contributed by atoms with E-state index in [0.717, 1.165) is 6.54 Å². The molecule has 7 heteroatoms. The summed E-state index contributed by atoms with van der Waals surface area (Å²) < 4.78 is 5.25. The molecule has 1 heterocycles. The highest BCUT2D eigenvalue weighted by Gasteiger charge is 2.37. The highest BCUT2D eigenvalue weighted by Crippen LogP contribution is 2.32. The van der Waals surface area contributed by atoms with Crippen LogP contribution in [0.1, 0.15) is 20.3 Å². The van der Waals surface area contributed by atoms with Crippen LogP contribution in [-0.4, -0.2) is 30.5 Å². The van der Waals surface area contributed by atoms with Gasteiger partial charge in [-0.3, -0.25) is 14.9 Å². The van der Waals surface area contributed by atoms with Gasteiger partial charge in [0, 0.05) is 6.54 Å². The minimum atomic E-state index is -0.535. The fourth-order valence-corrected chi connectivity index (χ4v) is 2.31. The first kappa shape index (κ1) is 15.2. The number of benzene rings is 1. The van der Waals surface area contributed by atoms with Crippen molar-refractivity contribution in [2.45, 2.75) is 20.3 Å². The molecule has 1 amide bonds. The standard InChI is InChI=1S/C14H19N3O4/c1-3-21-10-4-5-11(12(8-10)17(19)20)16-13(18)14(2)6-7-15-9-14/h4-5,8,15H,3,6-7,9H2,1-2H3,(H,16,18). The number of nitrogens with one attached hydrogen (secondary N) is 2. The molecule has 114 valence electrons. The van der Waals surface area contributed by atoms with E-state index in [-0.39, 0.29) is 17.3 Å². The summed E-state index contributed by atoms with van der Waals surface area (Å²) in [6.07, 6.45) is 0.712. The molecular weight excluding hydrogens is 274 g/mol. The summed E-state index contributed by atoms with van der Waals surface area (Å²) in [6.45, 7) is 5.42. The third-order valence-electron chi connectivity index (χ3n) is 3.64. The van der Waals surface area contributed by atoms with Gasteiger partial charge in [0.1, 0.15) is 11.4 Å². The van der Waals surface area contributed by atoms with Gasteiger partial charge in [0.25, 0.3) is 5.69 Å². The van der Waals surface area contributed by atoms with E-state index in [1.165, 1.54) is 12.1 Å². The Kier molecular flexibility index (Phi) is 4.42. The molecule has 1 saturated heterocycles. The lowest BCUT2D eigenvalue weighted by Crippen LogP contribution is -2.35. The van der Waals surface area contributed by atoms with Crippen LogP contribution in [0.2, 0.25) is 0 Å². The van der Waals surface area contributed by atoms with Crippen molar-refractivity contribution in [1.29, 1.82) is 0 Å². The van der Waals surface area contributed by atoms with Crippen molar-refractivity contribution in [2.24, 2.45) is 5.41 Å². The summed E-state index contributed by atoms with van der Waals surface area (Å²) in [5, 5.41) is 16.9. The molecule has 21 heavy (non-hydrogen) atoms. The van der Waals surface area contributed by atoms with Crippen molar-refractivity contribution in [2.75, 3.05) is 25.0 Å². The Labute approximate surface area is 122 Å². The number of nitrogens with zero attached hydrogens (tertiary/aromatic N) is 1. The van der Waals surface area contributed by atoms with Gasteiger partial charge in [-0.2, -0.15) is 0 Å². The number of rotatable bonds is 5. The smallest absolute Gasteiger partial charge is 0.296 e. The first-order valence-corrected chi connectivity index (χ1v) is 6.90. The van der Waals surface area contributed by atoms with Gasteiger partial charge in [0.05, 0.1) is 23.0 Å². The lowest BCUT2D eigenvalue weighted by molar-refractivity contribution is -0.384. The molecule has 1 aliphatic rings. The average Bonchev–Trinajstić information content (AvgIpc) is 2.89. The monoisotopic (exact) mass is 293 g/mol. The van der Waals surface area contributed by atoms with E-state index >= 15 is 0 Å². The molecule has 1 atom stereocenters. The van der Waals surface area contributed by atoms with Crippen LogP contribution in [0.3, 0.4) is 0 Å². The predicted octanol–water partition coefficient (Wildman–Crippen LogP) is 1.93. The number of carbonyl (C=O) groups is 1. The molecule has 2 rings (SSSR count). The summed E-state index contributed by atoms with van der Waals surface area (Å²) in [7, 11) is 0. The van der Waals surface area contributed by atoms with Crippen molar-refractivity contribution in [3.8, 4) is 5.75 Å². The molecule has 7 nitrogen and oxygen atoms in total. The number of amides is 1. The van der Waals surface area contributed by atoms with Crippen LogP contribution in [0, 0.1) is 15.5 Å². The number of nitro groups is 1. The Morgan fingerprint density at radius 3 is 2.90 bits per heavy atom. The van der Waals surface area contributed by atoms with Crippen molar-refractivity contribution >= 4 is 17.3 Å². The molecule has 1 aromatic carbocycles. The van der Waals surface area contributed by atoms with Gasteiger partial charge in [-0.15, -0.1) is 0 Å². The second-order valence-corrected chi connectivity index (χ2v) is 5.31. The van der Waals surface area contributed by atoms with Crippen molar-refractivity contribution in [3.63, 3.8) is 0 Å².